The van der Waals surface area contributed by atoms with Crippen molar-refractivity contribution in [3.05, 3.63) is 16.3 Å². The minimum absolute atomic E-state index is 0.00379. The van der Waals surface area contributed by atoms with Gasteiger partial charge in [0.2, 0.25) is 0 Å². The molecule has 25 heavy (non-hydrogen) atoms. The number of hydrogen-bond acceptors (Lipinski definition) is 3. The summed E-state index contributed by atoms with van der Waals surface area (Å²) >= 11 is 0. The minimum atomic E-state index is -0.0108. The van der Waals surface area contributed by atoms with Crippen LogP contribution >= 0.6 is 0 Å². The Morgan fingerprint density at radius 1 is 1.24 bits per heavy atom. The predicted molar refractivity (Wildman–Crippen MR) is 96.8 cm³/mol. The maximum Gasteiger partial charge on any atom is 0.345 e. The van der Waals surface area contributed by atoms with E-state index in [1.54, 1.807) is 7.05 Å². The number of urea groups is 1. The lowest BCUT2D eigenvalue weighted by atomic mass is 9.97. The molecule has 0 bridgehead atoms. The summed E-state index contributed by atoms with van der Waals surface area (Å²) in [5, 5.41) is 7.56. The van der Waals surface area contributed by atoms with E-state index in [9.17, 15) is 9.59 Å². The zero-order valence-corrected chi connectivity index (χ0v) is 15.7. The van der Waals surface area contributed by atoms with Gasteiger partial charge in [-0.05, 0) is 31.6 Å². The van der Waals surface area contributed by atoms with Crippen LogP contribution in [0.5, 0.6) is 0 Å². The van der Waals surface area contributed by atoms with E-state index in [0.29, 0.717) is 19.0 Å². The first-order chi connectivity index (χ1) is 12.0. The quantitative estimate of drug-likeness (QED) is 0.906. The molecule has 7 heteroatoms. The molecule has 7 nitrogen and oxygen atoms in total. The number of likely N-dealkylation sites (tertiary alicyclic amines) is 1. The predicted octanol–water partition coefficient (Wildman–Crippen LogP) is 2.24. The zero-order chi connectivity index (χ0) is 18.0. The molecule has 1 aromatic heterocycles. The largest absolute Gasteiger partial charge is 0.345 e. The maximum atomic E-state index is 12.6. The molecule has 2 heterocycles. The van der Waals surface area contributed by atoms with Crippen molar-refractivity contribution in [2.75, 3.05) is 19.6 Å². The molecule has 2 amide bonds. The molecule has 1 unspecified atom stereocenters. The molecule has 1 aliphatic carbocycles. The fraction of sp³-hybridized carbons (Fsp3) is 0.833. The van der Waals surface area contributed by atoms with Gasteiger partial charge in [0.15, 0.2) is 0 Å². The summed E-state index contributed by atoms with van der Waals surface area (Å²) in [6.07, 6.45) is 6.42. The molecule has 0 spiro atoms. The van der Waals surface area contributed by atoms with E-state index in [1.165, 1.54) is 17.5 Å². The summed E-state index contributed by atoms with van der Waals surface area (Å²) in [4.78, 5) is 26.9. The molecule has 1 saturated carbocycles. The Hall–Kier alpha value is -1.79. The average Bonchev–Trinajstić information content (AvgIpc) is 3.21. The molecule has 1 atom stereocenters. The molecule has 2 aliphatic rings. The van der Waals surface area contributed by atoms with Gasteiger partial charge < -0.3 is 10.2 Å². The smallest absolute Gasteiger partial charge is 0.338 e. The summed E-state index contributed by atoms with van der Waals surface area (Å²) < 4.78 is 3.39. The van der Waals surface area contributed by atoms with Crippen LogP contribution in [0.15, 0.2) is 4.79 Å². The molecule has 1 aromatic rings. The van der Waals surface area contributed by atoms with Crippen molar-refractivity contribution in [2.45, 2.75) is 64.3 Å². The van der Waals surface area contributed by atoms with Gasteiger partial charge in [0.05, 0.1) is 0 Å². The van der Waals surface area contributed by atoms with Crippen LogP contribution < -0.4 is 11.0 Å². The second-order valence-corrected chi connectivity index (χ2v) is 7.94. The first kappa shape index (κ1) is 18.0. The Kier molecular flexibility index (Phi) is 5.49. The van der Waals surface area contributed by atoms with Crippen molar-refractivity contribution in [2.24, 2.45) is 13.0 Å². The monoisotopic (exact) mass is 349 g/mol. The lowest BCUT2D eigenvalue weighted by Crippen LogP contribution is -2.46. The standard InChI is InChI=1S/C18H31N5O2/c1-13(2)11-19-17(24)22-10-6-7-14(12-22)16-20-21(3)18(25)23(16)15-8-4-5-9-15/h13-15H,4-12H2,1-3H3,(H,19,24). The van der Waals surface area contributed by atoms with Gasteiger partial charge >= 0.3 is 11.7 Å². The van der Waals surface area contributed by atoms with Crippen molar-refractivity contribution in [3.63, 3.8) is 0 Å². The Morgan fingerprint density at radius 2 is 1.96 bits per heavy atom. The third kappa shape index (κ3) is 3.90. The Morgan fingerprint density at radius 3 is 2.64 bits per heavy atom. The van der Waals surface area contributed by atoms with Crippen molar-refractivity contribution in [1.29, 1.82) is 0 Å². The van der Waals surface area contributed by atoms with Crippen LogP contribution in [0.25, 0.3) is 0 Å². The fourth-order valence-corrected chi connectivity index (χ4v) is 4.06. The Labute approximate surface area is 149 Å². The SMILES string of the molecule is CC(C)CNC(=O)N1CCCC(c2nn(C)c(=O)n2C2CCCC2)C1. The number of hydrogen-bond donors (Lipinski definition) is 1. The van der Waals surface area contributed by atoms with E-state index >= 15 is 0 Å². The number of nitrogens with one attached hydrogen (secondary N) is 1. The summed E-state index contributed by atoms with van der Waals surface area (Å²) in [6.45, 7) is 6.30. The molecule has 0 aromatic carbocycles. The third-order valence-corrected chi connectivity index (χ3v) is 5.41. The topological polar surface area (TPSA) is 72.2 Å². The van der Waals surface area contributed by atoms with Gasteiger partial charge in [-0.1, -0.05) is 26.7 Å². The highest BCUT2D eigenvalue weighted by Crippen LogP contribution is 2.33. The van der Waals surface area contributed by atoms with E-state index in [-0.39, 0.29) is 23.7 Å². The third-order valence-electron chi connectivity index (χ3n) is 5.41. The van der Waals surface area contributed by atoms with Crippen molar-refractivity contribution in [3.8, 4) is 0 Å². The van der Waals surface area contributed by atoms with Gasteiger partial charge in [0, 0.05) is 38.6 Å². The number of carbonyl (C=O) groups is 1. The number of piperidine rings is 1. The van der Waals surface area contributed by atoms with Gasteiger partial charge in [0.1, 0.15) is 5.82 Å². The van der Waals surface area contributed by atoms with Gasteiger partial charge in [-0.15, -0.1) is 0 Å². The van der Waals surface area contributed by atoms with Gasteiger partial charge in [-0.3, -0.25) is 4.57 Å². The summed E-state index contributed by atoms with van der Waals surface area (Å²) in [6, 6.07) is 0.283. The van der Waals surface area contributed by atoms with Gasteiger partial charge in [-0.2, -0.15) is 5.10 Å². The fourth-order valence-electron chi connectivity index (χ4n) is 4.06. The molecular weight excluding hydrogens is 318 g/mol. The normalized spacial score (nSPS) is 21.9. The molecule has 1 saturated heterocycles. The second kappa shape index (κ2) is 7.62. The molecular formula is C18H31N5O2. The average molecular weight is 349 g/mol. The summed E-state index contributed by atoms with van der Waals surface area (Å²) in [5.41, 5.74) is -0.0108. The molecule has 2 fully saturated rings. The zero-order valence-electron chi connectivity index (χ0n) is 15.7. The van der Waals surface area contributed by atoms with Crippen LogP contribution in [0.3, 0.4) is 0 Å². The summed E-state index contributed by atoms with van der Waals surface area (Å²) in [5.74, 6) is 1.46. The number of amides is 2. The van der Waals surface area contributed by atoms with Crippen molar-refractivity contribution in [1.82, 2.24) is 24.6 Å². The Balaban J connectivity index is 1.76. The molecule has 1 aliphatic heterocycles. The van der Waals surface area contributed by atoms with Crippen LogP contribution in [0.1, 0.15) is 70.2 Å². The van der Waals surface area contributed by atoms with Crippen LogP contribution in [-0.2, 0) is 7.05 Å². The number of aryl methyl sites for hydroxylation is 1. The molecule has 1 N–H and O–H groups in total. The van der Waals surface area contributed by atoms with Crippen LogP contribution in [-0.4, -0.2) is 44.9 Å². The number of aromatic nitrogens is 3. The van der Waals surface area contributed by atoms with E-state index in [1.807, 2.05) is 9.47 Å². The van der Waals surface area contributed by atoms with Crippen LogP contribution in [0.2, 0.25) is 0 Å². The highest BCUT2D eigenvalue weighted by molar-refractivity contribution is 5.74. The minimum Gasteiger partial charge on any atom is -0.338 e. The van der Waals surface area contributed by atoms with Crippen LogP contribution in [0.4, 0.5) is 4.79 Å². The van der Waals surface area contributed by atoms with Gasteiger partial charge in [0.25, 0.3) is 0 Å². The molecule has 3 rings (SSSR count). The van der Waals surface area contributed by atoms with Crippen molar-refractivity contribution >= 4 is 6.03 Å². The number of rotatable bonds is 4. The van der Waals surface area contributed by atoms with E-state index in [0.717, 1.165) is 38.1 Å². The molecule has 0 radical (unpaired) electrons. The molecule has 140 valence electrons. The van der Waals surface area contributed by atoms with E-state index < -0.39 is 0 Å². The lowest BCUT2D eigenvalue weighted by molar-refractivity contribution is 0.176. The first-order valence-corrected chi connectivity index (χ1v) is 9.65. The maximum absolute atomic E-state index is 12.6. The van der Waals surface area contributed by atoms with Crippen molar-refractivity contribution < 1.29 is 4.79 Å². The first-order valence-electron chi connectivity index (χ1n) is 9.65. The number of carbonyl (C=O) groups excluding carboxylic acids is 1. The van der Waals surface area contributed by atoms with Gasteiger partial charge in [-0.25, -0.2) is 14.3 Å². The van der Waals surface area contributed by atoms with Crippen LogP contribution in [0, 0.1) is 5.92 Å². The summed E-state index contributed by atoms with van der Waals surface area (Å²) in [7, 11) is 1.73. The highest BCUT2D eigenvalue weighted by Gasteiger charge is 2.32. The Bertz CT molecular complexity index is 657. The van der Waals surface area contributed by atoms with E-state index in [2.05, 4.69) is 24.3 Å². The number of nitrogens with zero attached hydrogens (tertiary/aromatic N) is 4. The second-order valence-electron chi connectivity index (χ2n) is 7.94. The van der Waals surface area contributed by atoms with E-state index in [4.69, 9.17) is 0 Å². The highest BCUT2D eigenvalue weighted by atomic mass is 16.2. The lowest BCUT2D eigenvalue weighted by Gasteiger charge is -2.33.